The minimum atomic E-state index is 0. The Morgan fingerprint density at radius 2 is 2.17 bits per heavy atom. The summed E-state index contributed by atoms with van der Waals surface area (Å²) in [4.78, 5) is 7.23. The summed E-state index contributed by atoms with van der Waals surface area (Å²) < 4.78 is 5.26. The van der Waals surface area contributed by atoms with E-state index in [0.717, 1.165) is 36.9 Å². The van der Waals surface area contributed by atoms with Gasteiger partial charge in [0.1, 0.15) is 5.75 Å². The van der Waals surface area contributed by atoms with Crippen LogP contribution in [0.3, 0.4) is 0 Å². The summed E-state index contributed by atoms with van der Waals surface area (Å²) >= 11 is 0. The fourth-order valence-electron chi connectivity index (χ4n) is 3.04. The number of likely N-dealkylation sites (N-methyl/N-ethyl adjacent to an activating group) is 1. The molecule has 2 N–H and O–H groups in total. The first-order valence-corrected chi connectivity index (χ1v) is 8.66. The number of ether oxygens (including phenoxy) is 1. The second-order valence-corrected chi connectivity index (χ2v) is 5.85. The van der Waals surface area contributed by atoms with Gasteiger partial charge in [-0.1, -0.05) is 19.1 Å². The molecule has 6 heteroatoms. The number of hydrogen-bond acceptors (Lipinski definition) is 3. The summed E-state index contributed by atoms with van der Waals surface area (Å²) in [6.45, 7) is 9.15. The summed E-state index contributed by atoms with van der Waals surface area (Å²) in [6, 6.07) is 8.69. The van der Waals surface area contributed by atoms with Crippen LogP contribution in [0.5, 0.6) is 5.75 Å². The molecule has 0 bridgehead atoms. The van der Waals surface area contributed by atoms with Crippen molar-refractivity contribution in [2.24, 2.45) is 4.99 Å². The second-order valence-electron chi connectivity index (χ2n) is 5.85. The van der Waals surface area contributed by atoms with Crippen molar-refractivity contribution in [1.29, 1.82) is 0 Å². The third-order valence-corrected chi connectivity index (χ3v) is 4.31. The van der Waals surface area contributed by atoms with Gasteiger partial charge in [0, 0.05) is 19.1 Å². The van der Waals surface area contributed by atoms with E-state index in [9.17, 15) is 0 Å². The van der Waals surface area contributed by atoms with Gasteiger partial charge in [0.15, 0.2) is 5.96 Å². The Hall–Kier alpha value is -1.02. The fourth-order valence-corrected chi connectivity index (χ4v) is 3.04. The maximum atomic E-state index is 5.26. The minimum Gasteiger partial charge on any atom is -0.497 e. The number of rotatable bonds is 7. The fraction of sp³-hybridized carbons (Fsp3) is 0.611. The number of aliphatic imine (C=N–C) groups is 1. The zero-order chi connectivity index (χ0) is 16.5. The number of halogens is 1. The number of likely N-dealkylation sites (tertiary alicyclic amines) is 1. The lowest BCUT2D eigenvalue weighted by atomic mass is 10.2. The third kappa shape index (κ3) is 6.47. The molecule has 1 aliphatic rings. The van der Waals surface area contributed by atoms with Gasteiger partial charge in [-0.05, 0) is 50.6 Å². The van der Waals surface area contributed by atoms with Crippen molar-refractivity contribution in [2.75, 3.05) is 33.3 Å². The molecule has 1 fully saturated rings. The number of nitrogens with zero attached hydrogens (tertiary/aromatic N) is 2. The number of hydrogen-bond donors (Lipinski definition) is 2. The zero-order valence-electron chi connectivity index (χ0n) is 15.0. The zero-order valence-corrected chi connectivity index (χ0v) is 17.4. The molecule has 1 aliphatic heterocycles. The molecule has 1 heterocycles. The lowest BCUT2D eigenvalue weighted by Crippen LogP contribution is -2.44. The topological polar surface area (TPSA) is 48.9 Å². The summed E-state index contributed by atoms with van der Waals surface area (Å²) in [5, 5.41) is 6.82. The molecule has 0 aromatic heterocycles. The molecular formula is C18H31IN4O. The standard InChI is InChI=1S/C18H30N4O.HI/c1-4-19-18(21-14-16-9-7-11-22(16)5-2)20-13-15-8-6-10-17(12-15)23-3;/h6,8,10,12,16H,4-5,7,9,11,13-14H2,1-3H3,(H2,19,20,21);1H. The van der Waals surface area contributed by atoms with Gasteiger partial charge in [-0.15, -0.1) is 24.0 Å². The molecule has 0 aliphatic carbocycles. The summed E-state index contributed by atoms with van der Waals surface area (Å²) in [6.07, 6.45) is 2.58. The van der Waals surface area contributed by atoms with Gasteiger partial charge in [0.25, 0.3) is 0 Å². The normalized spacial score (nSPS) is 18.1. The van der Waals surface area contributed by atoms with Crippen LogP contribution in [0.1, 0.15) is 32.3 Å². The smallest absolute Gasteiger partial charge is 0.191 e. The number of benzene rings is 1. The average molecular weight is 446 g/mol. The Balaban J connectivity index is 0.00000288. The molecule has 1 saturated heterocycles. The molecule has 136 valence electrons. The van der Waals surface area contributed by atoms with E-state index in [1.54, 1.807) is 7.11 Å². The van der Waals surface area contributed by atoms with Gasteiger partial charge in [-0.2, -0.15) is 0 Å². The molecule has 0 amide bonds. The molecule has 1 atom stereocenters. The molecule has 1 unspecified atom stereocenters. The van der Waals surface area contributed by atoms with Gasteiger partial charge < -0.3 is 15.4 Å². The van der Waals surface area contributed by atoms with Crippen molar-refractivity contribution in [3.63, 3.8) is 0 Å². The van der Waals surface area contributed by atoms with Crippen LogP contribution in [-0.2, 0) is 6.54 Å². The Morgan fingerprint density at radius 1 is 1.33 bits per heavy atom. The minimum absolute atomic E-state index is 0. The van der Waals surface area contributed by atoms with Gasteiger partial charge in [0.05, 0.1) is 13.7 Å². The van der Waals surface area contributed by atoms with Crippen molar-refractivity contribution in [2.45, 2.75) is 39.3 Å². The molecule has 24 heavy (non-hydrogen) atoms. The SMILES string of the molecule is CCNC(=NCc1cccc(OC)c1)NCC1CCCN1CC.I. The molecule has 5 nitrogen and oxygen atoms in total. The van der Waals surface area contributed by atoms with Crippen LogP contribution in [0.4, 0.5) is 0 Å². The van der Waals surface area contributed by atoms with Crippen LogP contribution >= 0.6 is 24.0 Å². The first kappa shape index (κ1) is 21.0. The van der Waals surface area contributed by atoms with Crippen molar-refractivity contribution < 1.29 is 4.74 Å². The lowest BCUT2D eigenvalue weighted by molar-refractivity contribution is 0.267. The van der Waals surface area contributed by atoms with Crippen LogP contribution in [0.25, 0.3) is 0 Å². The molecule has 1 aromatic carbocycles. The molecule has 1 aromatic rings. The van der Waals surface area contributed by atoms with Gasteiger partial charge in [-0.25, -0.2) is 4.99 Å². The predicted molar refractivity (Wildman–Crippen MR) is 111 cm³/mol. The lowest BCUT2D eigenvalue weighted by Gasteiger charge is -2.24. The summed E-state index contributed by atoms with van der Waals surface area (Å²) in [5.41, 5.74) is 1.15. The van der Waals surface area contributed by atoms with E-state index in [1.165, 1.54) is 19.4 Å². The highest BCUT2D eigenvalue weighted by Crippen LogP contribution is 2.15. The van der Waals surface area contributed by atoms with E-state index in [1.807, 2.05) is 18.2 Å². The number of methoxy groups -OCH3 is 1. The highest BCUT2D eigenvalue weighted by Gasteiger charge is 2.22. The van der Waals surface area contributed by atoms with E-state index >= 15 is 0 Å². The van der Waals surface area contributed by atoms with Crippen LogP contribution < -0.4 is 15.4 Å². The van der Waals surface area contributed by atoms with E-state index in [4.69, 9.17) is 9.73 Å². The molecular weight excluding hydrogens is 415 g/mol. The Morgan fingerprint density at radius 3 is 2.88 bits per heavy atom. The van der Waals surface area contributed by atoms with Gasteiger partial charge >= 0.3 is 0 Å². The maximum Gasteiger partial charge on any atom is 0.191 e. The first-order valence-electron chi connectivity index (χ1n) is 8.66. The number of nitrogens with one attached hydrogen (secondary N) is 2. The van der Waals surface area contributed by atoms with Crippen LogP contribution in [0, 0.1) is 0 Å². The van der Waals surface area contributed by atoms with Gasteiger partial charge in [-0.3, -0.25) is 4.90 Å². The van der Waals surface area contributed by atoms with Crippen molar-refractivity contribution >= 4 is 29.9 Å². The maximum absolute atomic E-state index is 5.26. The van der Waals surface area contributed by atoms with E-state index in [0.29, 0.717) is 12.6 Å². The highest BCUT2D eigenvalue weighted by atomic mass is 127. The molecule has 0 radical (unpaired) electrons. The van der Waals surface area contributed by atoms with E-state index < -0.39 is 0 Å². The number of guanidine groups is 1. The first-order chi connectivity index (χ1) is 11.3. The van der Waals surface area contributed by atoms with Gasteiger partial charge in [0.2, 0.25) is 0 Å². The highest BCUT2D eigenvalue weighted by molar-refractivity contribution is 14.0. The van der Waals surface area contributed by atoms with E-state index in [2.05, 4.69) is 35.4 Å². The second kappa shape index (κ2) is 11.5. The molecule has 0 spiro atoms. The average Bonchev–Trinajstić information content (AvgIpc) is 3.05. The van der Waals surface area contributed by atoms with Crippen molar-refractivity contribution in [3.8, 4) is 5.75 Å². The van der Waals surface area contributed by atoms with Crippen molar-refractivity contribution in [3.05, 3.63) is 29.8 Å². The molecule has 0 saturated carbocycles. The quantitative estimate of drug-likeness (QED) is 0.384. The Kier molecular flexibility index (Phi) is 10.1. The Bertz CT molecular complexity index is 510. The molecule has 2 rings (SSSR count). The summed E-state index contributed by atoms with van der Waals surface area (Å²) in [5.74, 6) is 1.76. The largest absolute Gasteiger partial charge is 0.497 e. The Labute approximate surface area is 163 Å². The van der Waals surface area contributed by atoms with Crippen LogP contribution in [0.2, 0.25) is 0 Å². The monoisotopic (exact) mass is 446 g/mol. The van der Waals surface area contributed by atoms with Crippen LogP contribution in [-0.4, -0.2) is 50.2 Å². The summed E-state index contributed by atoms with van der Waals surface area (Å²) in [7, 11) is 1.69. The van der Waals surface area contributed by atoms with Crippen LogP contribution in [0.15, 0.2) is 29.3 Å². The predicted octanol–water partition coefficient (Wildman–Crippen LogP) is 2.85. The van der Waals surface area contributed by atoms with E-state index in [-0.39, 0.29) is 24.0 Å². The van der Waals surface area contributed by atoms with Crippen molar-refractivity contribution in [1.82, 2.24) is 15.5 Å². The third-order valence-electron chi connectivity index (χ3n) is 4.31.